The Hall–Kier alpha value is -2.39. The lowest BCUT2D eigenvalue weighted by atomic mass is 10.1. The summed E-state index contributed by atoms with van der Waals surface area (Å²) in [5, 5.41) is 3.24. The monoisotopic (exact) mass is 466 g/mol. The van der Waals surface area contributed by atoms with Gasteiger partial charge in [0.05, 0.1) is 32.1 Å². The molecule has 0 unspecified atom stereocenters. The van der Waals surface area contributed by atoms with Crippen LogP contribution in [0.3, 0.4) is 0 Å². The van der Waals surface area contributed by atoms with Gasteiger partial charge in [0.1, 0.15) is 16.7 Å². The average Bonchev–Trinajstić information content (AvgIpc) is 2.67. The van der Waals surface area contributed by atoms with Gasteiger partial charge in [-0.25, -0.2) is 13.2 Å². The lowest BCUT2D eigenvalue weighted by Gasteiger charge is -2.32. The molecule has 31 heavy (non-hydrogen) atoms. The summed E-state index contributed by atoms with van der Waals surface area (Å²) in [6, 6.07) is 12.8. The molecule has 1 N–H and O–H groups in total. The summed E-state index contributed by atoms with van der Waals surface area (Å²) in [5.74, 6) is 0. The van der Waals surface area contributed by atoms with Crippen LogP contribution in [-0.4, -0.2) is 57.3 Å². The molecule has 0 aliphatic carbocycles. The number of hydrogen-bond acceptors (Lipinski definition) is 5. The smallest absolute Gasteiger partial charge is 0.411 e. The molecule has 0 radical (unpaired) electrons. The summed E-state index contributed by atoms with van der Waals surface area (Å²) in [4.78, 5) is 11.5. The molecular formula is C22H27ClN2O5S. The Bertz CT molecular complexity index is 1030. The number of halogens is 1. The van der Waals surface area contributed by atoms with Crippen LogP contribution in [0.5, 0.6) is 0 Å². The largest absolute Gasteiger partial charge is 0.744 e. The maximum absolute atomic E-state index is 11.7. The highest BCUT2D eigenvalue weighted by Crippen LogP contribution is 2.17. The normalized spacial score (nSPS) is 15.2. The molecule has 1 amide bonds. The number of nitrogens with zero attached hydrogens (tertiary/aromatic N) is 1. The van der Waals surface area contributed by atoms with Gasteiger partial charge in [-0.05, 0) is 48.9 Å². The molecule has 0 aromatic heterocycles. The number of anilines is 1. The number of benzene rings is 2. The first-order chi connectivity index (χ1) is 14.4. The number of carbonyl (C=O) groups excluding carboxylic acids is 1. The second-order valence-corrected chi connectivity index (χ2v) is 9.75. The summed E-state index contributed by atoms with van der Waals surface area (Å²) in [6.45, 7) is 4.23. The number of ether oxygens (including phenoxy) is 1. The summed E-state index contributed by atoms with van der Waals surface area (Å²) in [6.07, 6.45) is 2.68. The van der Waals surface area contributed by atoms with E-state index in [4.69, 9.17) is 16.3 Å². The van der Waals surface area contributed by atoms with Crippen LogP contribution in [0, 0.1) is 6.92 Å². The van der Waals surface area contributed by atoms with Crippen molar-refractivity contribution in [2.24, 2.45) is 0 Å². The molecule has 0 spiro atoms. The Labute approximate surface area is 188 Å². The number of likely N-dealkylation sites (N-methyl/N-ethyl adjacent to an activating group) is 1. The zero-order valence-electron chi connectivity index (χ0n) is 17.8. The van der Waals surface area contributed by atoms with Crippen LogP contribution < -0.4 is 5.32 Å². The Morgan fingerprint density at radius 1 is 1.19 bits per heavy atom. The van der Waals surface area contributed by atoms with E-state index in [1.54, 1.807) is 36.4 Å². The Kier molecular flexibility index (Phi) is 8.64. The van der Waals surface area contributed by atoms with Crippen molar-refractivity contribution >= 4 is 33.5 Å². The van der Waals surface area contributed by atoms with Crippen molar-refractivity contribution in [1.82, 2.24) is 0 Å². The Balaban J connectivity index is 0.000000262. The second-order valence-electron chi connectivity index (χ2n) is 7.93. The van der Waals surface area contributed by atoms with Crippen LogP contribution in [0.1, 0.15) is 12.0 Å². The van der Waals surface area contributed by atoms with Crippen molar-refractivity contribution in [2.45, 2.75) is 18.2 Å². The van der Waals surface area contributed by atoms with Gasteiger partial charge < -0.3 is 13.8 Å². The molecule has 0 saturated carbocycles. The number of hydrogen-bond donors (Lipinski definition) is 1. The van der Waals surface area contributed by atoms with Crippen molar-refractivity contribution < 1.29 is 27.0 Å². The topological polar surface area (TPSA) is 95.5 Å². The lowest BCUT2D eigenvalue weighted by molar-refractivity contribution is -0.886. The van der Waals surface area contributed by atoms with E-state index < -0.39 is 16.2 Å². The molecule has 0 atom stereocenters. The third kappa shape index (κ3) is 9.10. The van der Waals surface area contributed by atoms with Crippen LogP contribution in [0.4, 0.5) is 10.5 Å². The molecule has 1 heterocycles. The third-order valence-electron chi connectivity index (χ3n) is 4.68. The summed E-state index contributed by atoms with van der Waals surface area (Å²) >= 11 is 5.85. The molecule has 7 nitrogen and oxygen atoms in total. The number of rotatable bonds is 4. The number of carbonyl (C=O) groups is 1. The van der Waals surface area contributed by atoms with Gasteiger partial charge in [0, 0.05) is 17.1 Å². The highest BCUT2D eigenvalue weighted by atomic mass is 35.5. The van der Waals surface area contributed by atoms with Gasteiger partial charge in [0.25, 0.3) is 0 Å². The third-order valence-corrected chi connectivity index (χ3v) is 5.77. The van der Waals surface area contributed by atoms with Gasteiger partial charge >= 0.3 is 6.09 Å². The fraction of sp³-hybridized carbons (Fsp3) is 0.318. The predicted octanol–water partition coefficient (Wildman–Crippen LogP) is 4.19. The fourth-order valence-electron chi connectivity index (χ4n) is 2.73. The zero-order chi connectivity index (χ0) is 23.1. The minimum Gasteiger partial charge on any atom is -0.744 e. The molecule has 168 valence electrons. The van der Waals surface area contributed by atoms with E-state index in [-0.39, 0.29) is 4.90 Å². The molecule has 2 aromatic rings. The lowest BCUT2D eigenvalue weighted by Crippen LogP contribution is -2.43. The molecule has 3 rings (SSSR count). The molecule has 2 aromatic carbocycles. The second kappa shape index (κ2) is 10.8. The highest BCUT2D eigenvalue weighted by Gasteiger charge is 2.20. The van der Waals surface area contributed by atoms with E-state index >= 15 is 0 Å². The number of aryl methyl sites for hydroxylation is 1. The van der Waals surface area contributed by atoms with Crippen molar-refractivity contribution in [3.63, 3.8) is 0 Å². The van der Waals surface area contributed by atoms with E-state index in [1.165, 1.54) is 17.7 Å². The van der Waals surface area contributed by atoms with Gasteiger partial charge in [0.15, 0.2) is 0 Å². The minimum atomic E-state index is -4.27. The quantitative estimate of drug-likeness (QED) is 0.414. The summed E-state index contributed by atoms with van der Waals surface area (Å²) in [5.41, 5.74) is 2.75. The summed E-state index contributed by atoms with van der Waals surface area (Å²) < 4.78 is 37.4. The summed E-state index contributed by atoms with van der Waals surface area (Å²) in [7, 11) is 0.119. The van der Waals surface area contributed by atoms with E-state index in [1.807, 2.05) is 6.92 Å². The van der Waals surface area contributed by atoms with Gasteiger partial charge in [-0.2, -0.15) is 0 Å². The fourth-order valence-corrected chi connectivity index (χ4v) is 3.39. The van der Waals surface area contributed by atoms with Crippen molar-refractivity contribution in [2.75, 3.05) is 39.1 Å². The van der Waals surface area contributed by atoms with Crippen LogP contribution in [0.15, 0.2) is 65.1 Å². The van der Waals surface area contributed by atoms with Gasteiger partial charge in [0.2, 0.25) is 0 Å². The average molecular weight is 467 g/mol. The maximum Gasteiger partial charge on any atom is 0.411 e. The van der Waals surface area contributed by atoms with E-state index in [2.05, 4.69) is 25.5 Å². The molecule has 0 bridgehead atoms. The molecule has 1 aliphatic rings. The van der Waals surface area contributed by atoms with Gasteiger partial charge in [-0.1, -0.05) is 35.4 Å². The van der Waals surface area contributed by atoms with E-state index in [0.717, 1.165) is 29.6 Å². The molecule has 1 aliphatic heterocycles. The Morgan fingerprint density at radius 3 is 2.42 bits per heavy atom. The zero-order valence-corrected chi connectivity index (χ0v) is 19.4. The molecular weight excluding hydrogens is 440 g/mol. The molecule has 0 saturated heterocycles. The first kappa shape index (κ1) is 24.9. The molecule has 9 heteroatoms. The van der Waals surface area contributed by atoms with E-state index in [9.17, 15) is 17.8 Å². The highest BCUT2D eigenvalue weighted by molar-refractivity contribution is 7.85. The van der Waals surface area contributed by atoms with Crippen LogP contribution in [0.2, 0.25) is 5.02 Å². The van der Waals surface area contributed by atoms with Crippen molar-refractivity contribution in [3.8, 4) is 0 Å². The standard InChI is InChI=1S/C15H19ClN2O2.C7H8O3S/c1-18(2)8-6-12(7-9-18)11-20-15(19)17-14-5-3-4-13(16)10-14;1-6-2-4-7(5-3-6)11(8,9)10/h3-6,10H,7-9,11H2,1-2H3;2-5H,1H3,(H,8,9,10). The Morgan fingerprint density at radius 2 is 1.87 bits per heavy atom. The van der Waals surface area contributed by atoms with Crippen LogP contribution in [-0.2, 0) is 14.9 Å². The minimum absolute atomic E-state index is 0.178. The van der Waals surface area contributed by atoms with Gasteiger partial charge in [-0.15, -0.1) is 0 Å². The van der Waals surface area contributed by atoms with E-state index in [0.29, 0.717) is 17.3 Å². The SMILES string of the molecule is C[N+]1(C)CC=C(COC(=O)Nc2cccc(Cl)c2)CC1.Cc1ccc(S(=O)(=O)[O-])cc1. The predicted molar refractivity (Wildman–Crippen MR) is 120 cm³/mol. The molecule has 0 fully saturated rings. The van der Waals surface area contributed by atoms with Crippen LogP contribution in [0.25, 0.3) is 0 Å². The van der Waals surface area contributed by atoms with Crippen molar-refractivity contribution in [1.29, 1.82) is 0 Å². The van der Waals surface area contributed by atoms with Crippen LogP contribution >= 0.6 is 11.6 Å². The number of amides is 1. The number of nitrogens with one attached hydrogen (secondary N) is 1. The first-order valence-electron chi connectivity index (χ1n) is 9.66. The maximum atomic E-state index is 11.7. The number of quaternary nitrogens is 1. The van der Waals surface area contributed by atoms with Gasteiger partial charge in [-0.3, -0.25) is 5.32 Å². The van der Waals surface area contributed by atoms with Crippen molar-refractivity contribution in [3.05, 3.63) is 70.8 Å². The first-order valence-corrected chi connectivity index (χ1v) is 11.4.